The van der Waals surface area contributed by atoms with Gasteiger partial charge in [-0.25, -0.2) is 14.0 Å². The molecule has 1 N–H and O–H groups in total. The zero-order valence-corrected chi connectivity index (χ0v) is 22.8. The zero-order chi connectivity index (χ0) is 31.5. The molecule has 2 aromatic carbocycles. The van der Waals surface area contributed by atoms with Crippen LogP contribution < -0.4 is 15.3 Å². The van der Waals surface area contributed by atoms with Gasteiger partial charge in [0, 0.05) is 70.9 Å². The molecule has 9 nitrogen and oxygen atoms in total. The maximum Gasteiger partial charge on any atom is 0.420 e. The molecule has 0 atom stereocenters. The molecule has 0 spiro atoms. The summed E-state index contributed by atoms with van der Waals surface area (Å²) < 4.78 is 103. The van der Waals surface area contributed by atoms with E-state index in [9.17, 15) is 40.3 Å². The highest BCUT2D eigenvalue weighted by Gasteiger charge is 2.42. The van der Waals surface area contributed by atoms with Crippen molar-refractivity contribution in [2.45, 2.75) is 18.9 Å². The van der Waals surface area contributed by atoms with Gasteiger partial charge in [-0.2, -0.15) is 26.3 Å². The molecule has 1 aliphatic rings. The van der Waals surface area contributed by atoms with E-state index in [-0.39, 0.29) is 24.9 Å². The molecule has 1 saturated heterocycles. The van der Waals surface area contributed by atoms with Gasteiger partial charge in [0.25, 0.3) is 0 Å². The predicted molar refractivity (Wildman–Crippen MR) is 141 cm³/mol. The molecule has 0 aliphatic carbocycles. The number of imidazole rings is 1. The molecule has 234 valence electrons. The normalized spacial score (nSPS) is 15.1. The molecular weight excluding hydrogens is 591 g/mol. The van der Waals surface area contributed by atoms with E-state index in [4.69, 9.17) is 9.84 Å². The van der Waals surface area contributed by atoms with E-state index < -0.39 is 52.5 Å². The van der Waals surface area contributed by atoms with Crippen molar-refractivity contribution >= 4 is 11.8 Å². The van der Waals surface area contributed by atoms with Crippen LogP contribution in [-0.2, 0) is 18.9 Å². The van der Waals surface area contributed by atoms with E-state index in [0.29, 0.717) is 49.9 Å². The van der Waals surface area contributed by atoms with Crippen LogP contribution in [0.4, 0.5) is 41.2 Å². The molecule has 0 saturated carbocycles. The highest BCUT2D eigenvalue weighted by Crippen LogP contribution is 2.44. The summed E-state index contributed by atoms with van der Waals surface area (Å²) in [5.41, 5.74) is -5.49. The number of hydrogen-bond donors (Lipinski definition) is 1. The van der Waals surface area contributed by atoms with Gasteiger partial charge in [0.2, 0.25) is 0 Å². The number of rotatable bonds is 8. The minimum atomic E-state index is -5.41. The Kier molecular flexibility index (Phi) is 9.51. The molecule has 16 heteroatoms. The number of alkyl halides is 6. The number of piperazine rings is 1. The number of carbonyl (C=O) groups excluding carboxylic acids is 1. The second kappa shape index (κ2) is 12.8. The first-order valence-electron chi connectivity index (χ1n) is 13.1. The van der Waals surface area contributed by atoms with E-state index in [1.807, 2.05) is 4.90 Å². The molecule has 1 fully saturated rings. The number of benzene rings is 2. The number of hydrogen-bond acceptors (Lipinski definition) is 6. The van der Waals surface area contributed by atoms with E-state index in [0.717, 1.165) is 47.0 Å². The lowest BCUT2D eigenvalue weighted by Gasteiger charge is -2.34. The summed E-state index contributed by atoms with van der Waals surface area (Å²) in [6, 6.07) is 4.38. The molecule has 1 amide bonds. The maximum absolute atomic E-state index is 14.1. The Balaban J connectivity index is 1.69. The minimum absolute atomic E-state index is 0.0221. The molecular formula is C27H28F7N5O4. The van der Waals surface area contributed by atoms with E-state index in [1.165, 1.54) is 6.20 Å². The Morgan fingerprint density at radius 1 is 0.907 bits per heavy atom. The van der Waals surface area contributed by atoms with Crippen LogP contribution in [0.15, 0.2) is 53.6 Å². The summed E-state index contributed by atoms with van der Waals surface area (Å²) in [7, 11) is 1.11. The number of amides is 1. The summed E-state index contributed by atoms with van der Waals surface area (Å²) in [5.74, 6) is -1.96. The maximum atomic E-state index is 14.1. The number of aliphatic hydroxyl groups excluding tert-OH is 1. The lowest BCUT2D eigenvalue weighted by Crippen LogP contribution is -2.48. The van der Waals surface area contributed by atoms with Crippen LogP contribution in [-0.4, -0.2) is 83.1 Å². The second-order valence-electron chi connectivity index (χ2n) is 9.82. The van der Waals surface area contributed by atoms with Gasteiger partial charge in [-0.3, -0.25) is 23.8 Å². The van der Waals surface area contributed by atoms with Gasteiger partial charge < -0.3 is 9.84 Å². The van der Waals surface area contributed by atoms with Crippen molar-refractivity contribution in [1.29, 1.82) is 0 Å². The fraction of sp³-hybridized carbons (Fsp3) is 0.407. The van der Waals surface area contributed by atoms with Crippen molar-refractivity contribution in [1.82, 2.24) is 18.9 Å². The third kappa shape index (κ3) is 7.55. The Bertz CT molecular complexity index is 1480. The molecule has 4 rings (SSSR count). The van der Waals surface area contributed by atoms with Crippen molar-refractivity contribution in [2.24, 2.45) is 0 Å². The number of aliphatic hydroxyl groups is 1. The smallest absolute Gasteiger partial charge is 0.407 e. The average Bonchev–Trinajstić information content (AvgIpc) is 3.31. The van der Waals surface area contributed by atoms with Crippen LogP contribution in [0.1, 0.15) is 11.1 Å². The van der Waals surface area contributed by atoms with Crippen LogP contribution in [0.5, 0.6) is 5.75 Å². The highest BCUT2D eigenvalue weighted by molar-refractivity contribution is 5.89. The molecule has 3 aromatic rings. The van der Waals surface area contributed by atoms with Gasteiger partial charge >= 0.3 is 24.1 Å². The van der Waals surface area contributed by atoms with Gasteiger partial charge in [-0.15, -0.1) is 0 Å². The van der Waals surface area contributed by atoms with Gasteiger partial charge in [-0.05, 0) is 36.4 Å². The van der Waals surface area contributed by atoms with E-state index in [1.54, 1.807) is 0 Å². The predicted octanol–water partition coefficient (Wildman–Crippen LogP) is 4.06. The van der Waals surface area contributed by atoms with Crippen LogP contribution in [0.2, 0.25) is 0 Å². The Hall–Kier alpha value is -3.89. The Morgan fingerprint density at radius 2 is 1.51 bits per heavy atom. The molecule has 2 heterocycles. The fourth-order valence-electron chi connectivity index (χ4n) is 4.59. The Labute approximate surface area is 240 Å². The van der Waals surface area contributed by atoms with E-state index >= 15 is 0 Å². The minimum Gasteiger partial charge on any atom is -0.407 e. The van der Waals surface area contributed by atoms with Gasteiger partial charge in [0.15, 0.2) is 5.75 Å². The number of ether oxygens (including phenoxy) is 1. The van der Waals surface area contributed by atoms with Gasteiger partial charge in [0.1, 0.15) is 11.4 Å². The average molecular weight is 620 g/mol. The lowest BCUT2D eigenvalue weighted by molar-refractivity contribution is -0.143. The quantitative estimate of drug-likeness (QED) is 0.383. The van der Waals surface area contributed by atoms with E-state index in [2.05, 4.69) is 4.90 Å². The van der Waals surface area contributed by atoms with Crippen molar-refractivity contribution in [3.05, 3.63) is 76.2 Å². The number of nitrogens with zero attached hydrogens (tertiary/aromatic N) is 5. The summed E-state index contributed by atoms with van der Waals surface area (Å²) >= 11 is 0. The van der Waals surface area contributed by atoms with Crippen molar-refractivity contribution < 1.29 is 45.4 Å². The molecule has 0 bridgehead atoms. The number of halogens is 7. The first-order valence-corrected chi connectivity index (χ1v) is 13.1. The number of carbonyl (C=O) groups is 1. The number of β-amino-alcohol motifs (C(OH)–C–C–N with tert-alkyl or cyclic N) is 1. The first kappa shape index (κ1) is 32.0. The van der Waals surface area contributed by atoms with Crippen LogP contribution in [0.3, 0.4) is 0 Å². The first-order chi connectivity index (χ1) is 20.2. The fourth-order valence-corrected chi connectivity index (χ4v) is 4.59. The summed E-state index contributed by atoms with van der Waals surface area (Å²) in [6.07, 6.45) is -9.85. The van der Waals surface area contributed by atoms with Crippen molar-refractivity contribution in [3.63, 3.8) is 0 Å². The number of anilines is 1. The standard InChI is InChI=1S/C27H28F7N5O4/c1-35(20-4-2-19(28)3-5-20)25(42)43-23-21(27(32,33)34)16-18(26(29,30)31)17-22(23)39-13-12-38(24(39)41)11-10-36-6-8-37(9-7-36)14-15-40/h2-5,12-13,16-17,40H,6-11,14-15H2,1H3. The zero-order valence-electron chi connectivity index (χ0n) is 22.8. The summed E-state index contributed by atoms with van der Waals surface area (Å²) in [5, 5.41) is 9.08. The summed E-state index contributed by atoms with van der Waals surface area (Å²) in [6.45, 7) is 3.65. The largest absolute Gasteiger partial charge is 0.420 e. The second-order valence-corrected chi connectivity index (χ2v) is 9.82. The topological polar surface area (TPSA) is 83.2 Å². The molecule has 43 heavy (non-hydrogen) atoms. The monoisotopic (exact) mass is 619 g/mol. The third-order valence-corrected chi connectivity index (χ3v) is 7.02. The van der Waals surface area contributed by atoms with Crippen molar-refractivity contribution in [2.75, 3.05) is 57.8 Å². The molecule has 1 aliphatic heterocycles. The molecule has 0 unspecified atom stereocenters. The third-order valence-electron chi connectivity index (χ3n) is 7.02. The SMILES string of the molecule is CN(C(=O)Oc1c(-n2ccn(CCN3CCN(CCO)CC3)c2=O)cc(C(F)(F)F)cc1C(F)(F)F)c1ccc(F)cc1. The summed E-state index contributed by atoms with van der Waals surface area (Å²) in [4.78, 5) is 30.9. The van der Waals surface area contributed by atoms with Crippen LogP contribution >= 0.6 is 0 Å². The molecule has 0 radical (unpaired) electrons. The van der Waals surface area contributed by atoms with Crippen LogP contribution in [0, 0.1) is 5.82 Å². The van der Waals surface area contributed by atoms with Crippen molar-refractivity contribution in [3.8, 4) is 11.4 Å². The van der Waals surface area contributed by atoms with Crippen LogP contribution in [0.25, 0.3) is 5.69 Å². The molecule has 1 aromatic heterocycles. The van der Waals surface area contributed by atoms with Gasteiger partial charge in [0.05, 0.1) is 17.9 Å². The highest BCUT2D eigenvalue weighted by atomic mass is 19.4. The lowest BCUT2D eigenvalue weighted by atomic mass is 10.1. The van der Waals surface area contributed by atoms with Gasteiger partial charge in [-0.1, -0.05) is 0 Å². The Morgan fingerprint density at radius 3 is 2.07 bits per heavy atom. The number of aromatic nitrogens is 2.